The maximum atomic E-state index is 12.5. The third kappa shape index (κ3) is 36.3. The van der Waals surface area contributed by atoms with Crippen LogP contribution in [0.25, 0.3) is 0 Å². The van der Waals surface area contributed by atoms with Gasteiger partial charge in [-0.2, -0.15) is 0 Å². The largest absolute Gasteiger partial charge is 0.756 e. The number of hydrogen-bond acceptors (Lipinski definition) is 7. The van der Waals surface area contributed by atoms with E-state index in [1.165, 1.54) is 103 Å². The first-order valence-corrected chi connectivity index (χ1v) is 21.0. The molecule has 2 unspecified atom stereocenters. The van der Waals surface area contributed by atoms with E-state index in [1.807, 2.05) is 21.1 Å². The number of esters is 1. The highest BCUT2D eigenvalue weighted by atomic mass is 31.2. The van der Waals surface area contributed by atoms with Gasteiger partial charge in [-0.15, -0.1) is 0 Å². The summed E-state index contributed by atoms with van der Waals surface area (Å²) in [6.07, 6.45) is 35.0. The van der Waals surface area contributed by atoms with E-state index in [1.54, 1.807) is 0 Å². The molecule has 284 valence electrons. The van der Waals surface area contributed by atoms with Gasteiger partial charge in [0.25, 0.3) is 7.82 Å². The Hall–Kier alpha value is -1.02. The predicted molar refractivity (Wildman–Crippen MR) is 199 cm³/mol. The molecule has 0 aromatic heterocycles. The van der Waals surface area contributed by atoms with Crippen LogP contribution in [0.2, 0.25) is 0 Å². The van der Waals surface area contributed by atoms with Crippen LogP contribution in [-0.4, -0.2) is 70.7 Å². The van der Waals surface area contributed by atoms with Crippen molar-refractivity contribution in [1.29, 1.82) is 0 Å². The lowest BCUT2D eigenvalue weighted by Gasteiger charge is -2.28. The number of nitrogens with zero attached hydrogens (tertiary/aromatic N) is 1. The summed E-state index contributed by atoms with van der Waals surface area (Å²) in [5, 5.41) is 0. The quantitative estimate of drug-likeness (QED) is 0.0211. The maximum Gasteiger partial charge on any atom is 0.306 e. The highest BCUT2D eigenvalue weighted by Gasteiger charge is 2.20. The van der Waals surface area contributed by atoms with Crippen LogP contribution in [0.15, 0.2) is 24.3 Å². The summed E-state index contributed by atoms with van der Waals surface area (Å²) in [5.74, 6) is -0.345. The number of carbonyl (C=O) groups is 1. The molecule has 0 bridgehead atoms. The van der Waals surface area contributed by atoms with Crippen molar-refractivity contribution in [3.8, 4) is 0 Å². The molecule has 0 radical (unpaired) electrons. The number of quaternary nitrogens is 1. The second-order valence-corrected chi connectivity index (χ2v) is 15.7. The average Bonchev–Trinajstić information content (AvgIpc) is 3.03. The first kappa shape index (κ1) is 47.0. The van der Waals surface area contributed by atoms with E-state index in [0.29, 0.717) is 24.1 Å². The Kier molecular flexibility index (Phi) is 32.4. The van der Waals surface area contributed by atoms with E-state index >= 15 is 0 Å². The lowest BCUT2D eigenvalue weighted by molar-refractivity contribution is -0.870. The van der Waals surface area contributed by atoms with Crippen LogP contribution in [0.3, 0.4) is 0 Å². The molecule has 0 aromatic carbocycles. The zero-order valence-corrected chi connectivity index (χ0v) is 32.8. The normalized spacial score (nSPS) is 14.2. The van der Waals surface area contributed by atoms with Gasteiger partial charge < -0.3 is 27.9 Å². The molecule has 0 aliphatic rings. The average molecular weight is 702 g/mol. The minimum Gasteiger partial charge on any atom is -0.756 e. The van der Waals surface area contributed by atoms with E-state index in [4.69, 9.17) is 18.5 Å². The summed E-state index contributed by atoms with van der Waals surface area (Å²) in [4.78, 5) is 24.7. The lowest BCUT2D eigenvalue weighted by Crippen LogP contribution is -2.37. The molecule has 0 heterocycles. The number of unbranched alkanes of at least 4 members (excludes halogenated alkanes) is 18. The molecule has 0 fully saturated rings. The smallest absolute Gasteiger partial charge is 0.306 e. The van der Waals surface area contributed by atoms with Gasteiger partial charge in [0.1, 0.15) is 19.3 Å². The Balaban J connectivity index is 4.07. The van der Waals surface area contributed by atoms with Gasteiger partial charge in [-0.25, -0.2) is 0 Å². The number of phosphoric ester groups is 1. The standard InChI is InChI=1S/C39H76NO7P/c1-6-8-10-12-14-15-16-17-18-19-20-21-22-23-24-25-26-27-29-31-34-44-36-38(47-39(41)32-30-28-13-11-9-7-2)37-46-48(42,43)45-35-33-40(3,4)5/h14-15,17-18,38H,6-13,16,19-37H2,1-5H3/b15-14-,18-17-. The minimum absolute atomic E-state index is 0.0266. The topological polar surface area (TPSA) is 94.1 Å². The van der Waals surface area contributed by atoms with Gasteiger partial charge in [-0.3, -0.25) is 9.36 Å². The van der Waals surface area contributed by atoms with Crippen LogP contribution in [-0.2, 0) is 27.9 Å². The zero-order chi connectivity index (χ0) is 35.6. The van der Waals surface area contributed by atoms with Gasteiger partial charge in [0, 0.05) is 13.0 Å². The van der Waals surface area contributed by atoms with Crippen LogP contribution >= 0.6 is 7.82 Å². The highest BCUT2D eigenvalue weighted by molar-refractivity contribution is 7.45. The van der Waals surface area contributed by atoms with Gasteiger partial charge in [-0.1, -0.05) is 134 Å². The van der Waals surface area contributed by atoms with E-state index in [2.05, 4.69) is 38.2 Å². The Morgan fingerprint density at radius 3 is 1.73 bits per heavy atom. The van der Waals surface area contributed by atoms with Crippen LogP contribution in [0.4, 0.5) is 0 Å². The summed E-state index contributed by atoms with van der Waals surface area (Å²) in [6.45, 7) is 5.32. The predicted octanol–water partition coefficient (Wildman–Crippen LogP) is 10.2. The molecule has 0 aliphatic carbocycles. The maximum absolute atomic E-state index is 12.5. The SMILES string of the molecule is CCCCC/C=C\C/C=C\CCCCCCCCCCCCOCC(COP(=O)([O-])OCC[N+](C)(C)C)OC(=O)CCCCCCCC. The molecule has 0 aliphatic heterocycles. The van der Waals surface area contributed by atoms with Crippen molar-refractivity contribution < 1.29 is 37.3 Å². The summed E-state index contributed by atoms with van der Waals surface area (Å²) in [6, 6.07) is 0. The Morgan fingerprint density at radius 1 is 0.646 bits per heavy atom. The fraction of sp³-hybridized carbons (Fsp3) is 0.872. The van der Waals surface area contributed by atoms with E-state index in [-0.39, 0.29) is 25.8 Å². The number of hydrogen-bond donors (Lipinski definition) is 0. The summed E-state index contributed by atoms with van der Waals surface area (Å²) >= 11 is 0. The molecule has 0 aromatic rings. The van der Waals surface area contributed by atoms with Gasteiger partial charge in [0.05, 0.1) is 34.4 Å². The number of carbonyl (C=O) groups excluding carboxylic acids is 1. The molecular formula is C39H76NO7P. The van der Waals surface area contributed by atoms with Crippen molar-refractivity contribution in [2.24, 2.45) is 0 Å². The number of allylic oxidation sites excluding steroid dienone is 4. The Morgan fingerprint density at radius 2 is 1.15 bits per heavy atom. The van der Waals surface area contributed by atoms with Gasteiger partial charge in [-0.05, 0) is 44.9 Å². The van der Waals surface area contributed by atoms with Crippen molar-refractivity contribution in [3.63, 3.8) is 0 Å². The van der Waals surface area contributed by atoms with Crippen LogP contribution in [0, 0.1) is 0 Å². The number of likely N-dealkylation sites (N-methyl/N-ethyl adjacent to an activating group) is 1. The molecule has 0 saturated heterocycles. The van der Waals surface area contributed by atoms with Crippen molar-refractivity contribution in [1.82, 2.24) is 0 Å². The fourth-order valence-corrected chi connectivity index (χ4v) is 5.89. The number of phosphoric acid groups is 1. The van der Waals surface area contributed by atoms with Crippen molar-refractivity contribution in [3.05, 3.63) is 24.3 Å². The van der Waals surface area contributed by atoms with Crippen molar-refractivity contribution >= 4 is 13.8 Å². The number of rotatable bonds is 36. The van der Waals surface area contributed by atoms with Gasteiger partial charge in [0.15, 0.2) is 0 Å². The third-order valence-corrected chi connectivity index (χ3v) is 9.22. The second-order valence-electron chi connectivity index (χ2n) is 14.3. The highest BCUT2D eigenvalue weighted by Crippen LogP contribution is 2.38. The first-order valence-electron chi connectivity index (χ1n) is 19.6. The van der Waals surface area contributed by atoms with E-state index < -0.39 is 13.9 Å². The second kappa shape index (κ2) is 33.1. The molecule has 0 amide bonds. The summed E-state index contributed by atoms with van der Waals surface area (Å²) in [7, 11) is 1.35. The van der Waals surface area contributed by atoms with E-state index in [9.17, 15) is 14.3 Å². The molecule has 9 heteroatoms. The Labute approximate surface area is 296 Å². The summed E-state index contributed by atoms with van der Waals surface area (Å²) < 4.78 is 34.3. The molecule has 0 N–H and O–H groups in total. The number of ether oxygens (including phenoxy) is 2. The van der Waals surface area contributed by atoms with E-state index in [0.717, 1.165) is 38.5 Å². The molecule has 0 saturated carbocycles. The molecule has 0 spiro atoms. The summed E-state index contributed by atoms with van der Waals surface area (Å²) in [5.41, 5.74) is 0. The monoisotopic (exact) mass is 702 g/mol. The van der Waals surface area contributed by atoms with Gasteiger partial charge in [0.2, 0.25) is 0 Å². The van der Waals surface area contributed by atoms with Crippen molar-refractivity contribution in [2.45, 2.75) is 168 Å². The van der Waals surface area contributed by atoms with Crippen molar-refractivity contribution in [2.75, 3.05) is 54.1 Å². The Bertz CT molecular complexity index is 828. The first-order chi connectivity index (χ1) is 23.1. The molecule has 48 heavy (non-hydrogen) atoms. The molecule has 0 rings (SSSR count). The lowest BCUT2D eigenvalue weighted by atomic mass is 10.1. The zero-order valence-electron chi connectivity index (χ0n) is 31.9. The fourth-order valence-electron chi connectivity index (χ4n) is 5.16. The van der Waals surface area contributed by atoms with Gasteiger partial charge >= 0.3 is 5.97 Å². The molecule has 2 atom stereocenters. The van der Waals surface area contributed by atoms with Crippen LogP contribution < -0.4 is 4.89 Å². The minimum atomic E-state index is -4.51. The third-order valence-electron chi connectivity index (χ3n) is 8.26. The molecular weight excluding hydrogens is 625 g/mol. The molecule has 8 nitrogen and oxygen atoms in total. The van der Waals surface area contributed by atoms with Crippen LogP contribution in [0.1, 0.15) is 162 Å². The van der Waals surface area contributed by atoms with Crippen LogP contribution in [0.5, 0.6) is 0 Å².